The number of quaternary nitrogens is 1. The summed E-state index contributed by atoms with van der Waals surface area (Å²) in [6, 6.07) is 13.9. The normalized spacial score (nSPS) is 12.5. The number of benzene rings is 2. The number of likely N-dealkylation sites (N-methyl/N-ethyl adjacent to an activating group) is 1. The van der Waals surface area contributed by atoms with Crippen molar-refractivity contribution in [2.45, 2.75) is 6.10 Å². The molecule has 0 aliphatic carbocycles. The molecule has 0 aliphatic heterocycles. The van der Waals surface area contributed by atoms with E-state index in [9.17, 15) is 4.79 Å². The van der Waals surface area contributed by atoms with E-state index >= 15 is 0 Å². The molecular formula is C18H24ClNO3. The van der Waals surface area contributed by atoms with E-state index in [-0.39, 0.29) is 18.4 Å². The summed E-state index contributed by atoms with van der Waals surface area (Å²) in [5.74, 6) is -0.363. The molecule has 1 unspecified atom stereocenters. The predicted octanol–water partition coefficient (Wildman–Crippen LogP) is -0.219. The highest BCUT2D eigenvalue weighted by molar-refractivity contribution is 5.90. The maximum absolute atomic E-state index is 12.2. The SMILES string of the molecule is COC(=O)C(OCC[N+](C)(C)C)c1cccc2ccccc12.[Cl-]. The number of hydrogen-bond donors (Lipinski definition) is 0. The van der Waals surface area contributed by atoms with Gasteiger partial charge in [-0.3, -0.25) is 0 Å². The van der Waals surface area contributed by atoms with Crippen LogP contribution in [0.4, 0.5) is 0 Å². The Morgan fingerprint density at radius 1 is 1.09 bits per heavy atom. The van der Waals surface area contributed by atoms with Crippen molar-refractivity contribution in [3.63, 3.8) is 0 Å². The van der Waals surface area contributed by atoms with Gasteiger partial charge in [0, 0.05) is 0 Å². The molecule has 0 saturated heterocycles. The number of carbonyl (C=O) groups excluding carboxylic acids is 1. The van der Waals surface area contributed by atoms with Gasteiger partial charge < -0.3 is 26.4 Å². The number of esters is 1. The molecule has 0 fully saturated rings. The lowest BCUT2D eigenvalue weighted by Crippen LogP contribution is -3.00. The van der Waals surface area contributed by atoms with Crippen molar-refractivity contribution in [2.24, 2.45) is 0 Å². The minimum Gasteiger partial charge on any atom is -1.00 e. The van der Waals surface area contributed by atoms with E-state index in [4.69, 9.17) is 9.47 Å². The highest BCUT2D eigenvalue weighted by Gasteiger charge is 2.24. The van der Waals surface area contributed by atoms with Crippen molar-refractivity contribution < 1.29 is 31.2 Å². The first-order valence-corrected chi connectivity index (χ1v) is 7.40. The Bertz CT molecular complexity index is 647. The topological polar surface area (TPSA) is 35.5 Å². The van der Waals surface area contributed by atoms with Crippen LogP contribution >= 0.6 is 0 Å². The summed E-state index contributed by atoms with van der Waals surface area (Å²) in [6.07, 6.45) is -0.692. The highest BCUT2D eigenvalue weighted by atomic mass is 35.5. The van der Waals surface area contributed by atoms with Crippen LogP contribution in [0.3, 0.4) is 0 Å². The first-order valence-electron chi connectivity index (χ1n) is 7.40. The number of hydrogen-bond acceptors (Lipinski definition) is 3. The van der Waals surface area contributed by atoms with Gasteiger partial charge >= 0.3 is 5.97 Å². The molecule has 0 radical (unpaired) electrons. The zero-order chi connectivity index (χ0) is 16.2. The molecule has 0 amide bonds. The van der Waals surface area contributed by atoms with Gasteiger partial charge in [-0.25, -0.2) is 4.79 Å². The molecule has 2 aromatic carbocycles. The van der Waals surface area contributed by atoms with Gasteiger partial charge in [-0.2, -0.15) is 0 Å². The summed E-state index contributed by atoms with van der Waals surface area (Å²) >= 11 is 0. The fourth-order valence-corrected chi connectivity index (χ4v) is 2.32. The van der Waals surface area contributed by atoms with Crippen LogP contribution < -0.4 is 12.4 Å². The lowest BCUT2D eigenvalue weighted by atomic mass is 10.0. The van der Waals surface area contributed by atoms with Gasteiger partial charge in [-0.15, -0.1) is 0 Å². The van der Waals surface area contributed by atoms with Crippen molar-refractivity contribution in [3.05, 3.63) is 48.0 Å². The van der Waals surface area contributed by atoms with Gasteiger partial charge in [0.05, 0.1) is 34.9 Å². The molecule has 0 aromatic heterocycles. The van der Waals surface area contributed by atoms with Gasteiger partial charge in [0.25, 0.3) is 0 Å². The molecule has 0 N–H and O–H groups in total. The first kappa shape index (κ1) is 19.4. The number of fused-ring (bicyclic) bond motifs is 1. The Balaban J connectivity index is 0.00000264. The summed E-state index contributed by atoms with van der Waals surface area (Å²) < 4.78 is 11.6. The second kappa shape index (κ2) is 8.29. The Kier molecular flexibility index (Phi) is 7.01. The third kappa shape index (κ3) is 5.20. The van der Waals surface area contributed by atoms with Crippen molar-refractivity contribution in [3.8, 4) is 0 Å². The molecule has 0 aliphatic rings. The lowest BCUT2D eigenvalue weighted by molar-refractivity contribution is -0.870. The van der Waals surface area contributed by atoms with Gasteiger partial charge in [0.1, 0.15) is 6.54 Å². The summed E-state index contributed by atoms with van der Waals surface area (Å²) in [5, 5.41) is 2.11. The Morgan fingerprint density at radius 2 is 1.74 bits per heavy atom. The van der Waals surface area contributed by atoms with Crippen LogP contribution in [-0.2, 0) is 14.3 Å². The third-order valence-corrected chi connectivity index (χ3v) is 3.57. The molecule has 2 aromatic rings. The summed E-state index contributed by atoms with van der Waals surface area (Å²) in [6.45, 7) is 1.31. The van der Waals surface area contributed by atoms with Crippen LogP contribution in [0.5, 0.6) is 0 Å². The van der Waals surface area contributed by atoms with Crippen LogP contribution in [0.25, 0.3) is 10.8 Å². The minimum atomic E-state index is -0.692. The van der Waals surface area contributed by atoms with Gasteiger partial charge in [-0.05, 0) is 16.3 Å². The average Bonchev–Trinajstić information content (AvgIpc) is 2.49. The number of ether oxygens (including phenoxy) is 2. The third-order valence-electron chi connectivity index (χ3n) is 3.57. The van der Waals surface area contributed by atoms with E-state index in [2.05, 4.69) is 21.1 Å². The maximum Gasteiger partial charge on any atom is 0.339 e. The molecule has 4 nitrogen and oxygen atoms in total. The molecule has 126 valence electrons. The quantitative estimate of drug-likeness (QED) is 0.540. The fraction of sp³-hybridized carbons (Fsp3) is 0.389. The Hall–Kier alpha value is -1.62. The van der Waals surface area contributed by atoms with E-state index in [1.165, 1.54) is 7.11 Å². The van der Waals surface area contributed by atoms with Gasteiger partial charge in [-0.1, -0.05) is 42.5 Å². The van der Waals surface area contributed by atoms with Crippen molar-refractivity contribution in [1.82, 2.24) is 0 Å². The number of rotatable bonds is 6. The maximum atomic E-state index is 12.2. The standard InChI is InChI=1S/C18H24NO3.ClH/c1-19(2,3)12-13-22-17(18(20)21-4)16-11-7-9-14-8-5-6-10-15(14)16;/h5-11,17H,12-13H2,1-4H3;1H/q+1;/p-1. The second-order valence-electron chi connectivity index (χ2n) is 6.36. The fourth-order valence-electron chi connectivity index (χ4n) is 2.32. The Morgan fingerprint density at radius 3 is 2.39 bits per heavy atom. The zero-order valence-corrected chi connectivity index (χ0v) is 14.8. The van der Waals surface area contributed by atoms with Gasteiger partial charge in [0.2, 0.25) is 0 Å². The van der Waals surface area contributed by atoms with Crippen molar-refractivity contribution in [1.29, 1.82) is 0 Å². The number of halogens is 1. The van der Waals surface area contributed by atoms with E-state index in [0.717, 1.165) is 27.4 Å². The van der Waals surface area contributed by atoms with Crippen molar-refractivity contribution in [2.75, 3.05) is 41.4 Å². The molecule has 1 atom stereocenters. The summed E-state index contributed by atoms with van der Waals surface area (Å²) in [4.78, 5) is 12.2. The molecular weight excluding hydrogens is 314 g/mol. The van der Waals surface area contributed by atoms with Gasteiger partial charge in [0.15, 0.2) is 6.10 Å². The van der Waals surface area contributed by atoms with E-state index < -0.39 is 6.10 Å². The lowest BCUT2D eigenvalue weighted by Gasteiger charge is -2.25. The number of carbonyl (C=O) groups is 1. The molecule has 0 spiro atoms. The largest absolute Gasteiger partial charge is 1.00 e. The van der Waals surface area contributed by atoms with Crippen LogP contribution in [0.15, 0.2) is 42.5 Å². The van der Waals surface area contributed by atoms with Crippen molar-refractivity contribution >= 4 is 16.7 Å². The van der Waals surface area contributed by atoms with Crippen LogP contribution in [-0.4, -0.2) is 51.9 Å². The first-order chi connectivity index (χ1) is 10.4. The van der Waals surface area contributed by atoms with Crippen LogP contribution in [0.1, 0.15) is 11.7 Å². The number of nitrogens with zero attached hydrogens (tertiary/aromatic N) is 1. The average molecular weight is 338 g/mol. The highest BCUT2D eigenvalue weighted by Crippen LogP contribution is 2.27. The molecule has 0 heterocycles. The second-order valence-corrected chi connectivity index (χ2v) is 6.36. The Labute approximate surface area is 144 Å². The predicted molar refractivity (Wildman–Crippen MR) is 87.6 cm³/mol. The molecule has 0 bridgehead atoms. The smallest absolute Gasteiger partial charge is 0.339 e. The summed E-state index contributed by atoms with van der Waals surface area (Å²) in [5.41, 5.74) is 0.853. The summed E-state index contributed by atoms with van der Waals surface area (Å²) in [7, 11) is 7.67. The molecule has 23 heavy (non-hydrogen) atoms. The van der Waals surface area contributed by atoms with E-state index in [1.54, 1.807) is 0 Å². The van der Waals surface area contributed by atoms with E-state index in [1.807, 2.05) is 42.5 Å². The molecule has 2 rings (SSSR count). The van der Waals surface area contributed by atoms with Crippen LogP contribution in [0, 0.1) is 0 Å². The van der Waals surface area contributed by atoms with E-state index in [0.29, 0.717) is 6.61 Å². The van der Waals surface area contributed by atoms with Crippen LogP contribution in [0.2, 0.25) is 0 Å². The monoisotopic (exact) mass is 337 g/mol. The zero-order valence-electron chi connectivity index (χ0n) is 14.1. The number of methoxy groups -OCH3 is 1. The molecule has 5 heteroatoms. The minimum absolute atomic E-state index is 0. The molecule has 0 saturated carbocycles.